The maximum Gasteiger partial charge on any atom is 0.107 e. The van der Waals surface area contributed by atoms with Gasteiger partial charge in [0.05, 0.1) is 24.2 Å². The normalized spacial score (nSPS) is 12.4. The summed E-state index contributed by atoms with van der Waals surface area (Å²) in [7, 11) is 1.65. The summed E-state index contributed by atoms with van der Waals surface area (Å²) in [6, 6.07) is 1.98. The third-order valence-corrected chi connectivity index (χ3v) is 2.68. The van der Waals surface area contributed by atoms with Crippen molar-refractivity contribution >= 4 is 11.3 Å². The summed E-state index contributed by atoms with van der Waals surface area (Å²) in [6.45, 7) is 0.631. The van der Waals surface area contributed by atoms with Crippen molar-refractivity contribution in [1.82, 2.24) is 4.98 Å². The van der Waals surface area contributed by atoms with Crippen molar-refractivity contribution in [3.8, 4) is 6.07 Å². The Labute approximate surface area is 87.3 Å². The van der Waals surface area contributed by atoms with Gasteiger partial charge >= 0.3 is 0 Å². The second-order valence-electron chi connectivity index (χ2n) is 2.89. The first-order valence-electron chi connectivity index (χ1n) is 4.33. The number of hydrogen-bond acceptors (Lipinski definition) is 5. The van der Waals surface area contributed by atoms with Gasteiger partial charge in [-0.05, 0) is 6.42 Å². The Morgan fingerprint density at radius 3 is 3.21 bits per heavy atom. The van der Waals surface area contributed by atoms with Crippen LogP contribution in [-0.2, 0) is 11.2 Å². The minimum absolute atomic E-state index is 0.0846. The van der Waals surface area contributed by atoms with Crippen LogP contribution in [0.25, 0.3) is 0 Å². The number of nitrogens with zero attached hydrogens (tertiary/aromatic N) is 2. The molecular formula is C9H13N3OS. The van der Waals surface area contributed by atoms with Crippen molar-refractivity contribution in [2.45, 2.75) is 18.9 Å². The van der Waals surface area contributed by atoms with Gasteiger partial charge in [0.15, 0.2) is 0 Å². The molecule has 0 aromatic carbocycles. The van der Waals surface area contributed by atoms with Gasteiger partial charge in [0.25, 0.3) is 0 Å². The third kappa shape index (κ3) is 3.07. The van der Waals surface area contributed by atoms with Crippen molar-refractivity contribution in [3.05, 3.63) is 16.1 Å². The van der Waals surface area contributed by atoms with Gasteiger partial charge in [-0.2, -0.15) is 5.26 Å². The number of thiazole rings is 1. The van der Waals surface area contributed by atoms with Gasteiger partial charge in [-0.15, -0.1) is 11.3 Å². The minimum Gasteiger partial charge on any atom is -0.385 e. The molecule has 76 valence electrons. The van der Waals surface area contributed by atoms with Gasteiger partial charge in [-0.25, -0.2) is 4.98 Å². The molecular weight excluding hydrogens is 198 g/mol. The fourth-order valence-electron chi connectivity index (χ4n) is 1.04. The van der Waals surface area contributed by atoms with E-state index in [0.717, 1.165) is 17.1 Å². The average molecular weight is 211 g/mol. The number of rotatable bonds is 5. The number of ether oxygens (including phenoxy) is 1. The highest BCUT2D eigenvalue weighted by molar-refractivity contribution is 7.09. The average Bonchev–Trinajstić information content (AvgIpc) is 2.63. The topological polar surface area (TPSA) is 71.9 Å². The number of aromatic nitrogens is 1. The molecule has 5 heteroatoms. The van der Waals surface area contributed by atoms with Gasteiger partial charge < -0.3 is 10.5 Å². The lowest BCUT2D eigenvalue weighted by Crippen LogP contribution is -2.13. The summed E-state index contributed by atoms with van der Waals surface area (Å²) >= 11 is 1.48. The predicted molar refractivity (Wildman–Crippen MR) is 54.9 cm³/mol. The second-order valence-corrected chi connectivity index (χ2v) is 3.83. The van der Waals surface area contributed by atoms with Crippen LogP contribution in [-0.4, -0.2) is 18.7 Å². The zero-order chi connectivity index (χ0) is 10.4. The number of nitrogens with two attached hydrogens (primary N) is 1. The maximum absolute atomic E-state index is 8.47. The molecule has 0 amide bonds. The van der Waals surface area contributed by atoms with Crippen LogP contribution < -0.4 is 5.73 Å². The largest absolute Gasteiger partial charge is 0.385 e. The van der Waals surface area contributed by atoms with Crippen molar-refractivity contribution in [1.29, 1.82) is 5.26 Å². The summed E-state index contributed by atoms with van der Waals surface area (Å²) in [5, 5.41) is 11.2. The van der Waals surface area contributed by atoms with Crippen molar-refractivity contribution in [2.75, 3.05) is 13.7 Å². The van der Waals surface area contributed by atoms with Gasteiger partial charge in [0, 0.05) is 19.1 Å². The first kappa shape index (κ1) is 11.1. The van der Waals surface area contributed by atoms with Crippen LogP contribution in [0.5, 0.6) is 0 Å². The van der Waals surface area contributed by atoms with Crippen LogP contribution in [0.1, 0.15) is 23.2 Å². The molecule has 4 nitrogen and oxygen atoms in total. The van der Waals surface area contributed by atoms with Crippen LogP contribution in [0.15, 0.2) is 5.38 Å². The summed E-state index contributed by atoms with van der Waals surface area (Å²) in [4.78, 5) is 4.27. The van der Waals surface area contributed by atoms with Gasteiger partial charge in [0.2, 0.25) is 0 Å². The van der Waals surface area contributed by atoms with Crippen LogP contribution in [0, 0.1) is 11.3 Å². The summed E-state index contributed by atoms with van der Waals surface area (Å²) in [6.07, 6.45) is 1.12. The number of methoxy groups -OCH3 is 1. The molecule has 2 N–H and O–H groups in total. The van der Waals surface area contributed by atoms with E-state index in [-0.39, 0.29) is 6.04 Å². The lowest BCUT2D eigenvalue weighted by Gasteiger charge is -2.06. The molecule has 0 bridgehead atoms. The first-order chi connectivity index (χ1) is 6.77. The Balaban J connectivity index is 2.53. The molecule has 0 aliphatic rings. The van der Waals surface area contributed by atoms with Gasteiger partial charge in [-0.3, -0.25) is 0 Å². The fraction of sp³-hybridized carbons (Fsp3) is 0.556. The summed E-state index contributed by atoms with van der Waals surface area (Å²) in [5.41, 5.74) is 6.73. The Hall–Kier alpha value is -0.960. The predicted octanol–water partition coefficient (Wildman–Crippen LogP) is 1.25. The van der Waals surface area contributed by atoms with Gasteiger partial charge in [-0.1, -0.05) is 0 Å². The molecule has 0 saturated carbocycles. The molecule has 1 aromatic heterocycles. The third-order valence-electron chi connectivity index (χ3n) is 1.81. The lowest BCUT2D eigenvalue weighted by molar-refractivity contribution is 0.188. The highest BCUT2D eigenvalue weighted by Gasteiger charge is 2.09. The van der Waals surface area contributed by atoms with E-state index in [4.69, 9.17) is 15.7 Å². The van der Waals surface area contributed by atoms with Crippen LogP contribution in [0.2, 0.25) is 0 Å². The van der Waals surface area contributed by atoms with Crippen LogP contribution >= 0.6 is 11.3 Å². The second kappa shape index (κ2) is 5.70. The summed E-state index contributed by atoms with van der Waals surface area (Å²) in [5.74, 6) is 0. The van der Waals surface area contributed by atoms with E-state index in [9.17, 15) is 0 Å². The standard InChI is InChI=1S/C9H13N3OS/c1-13-5-3-7(11)8-6-14-9(12-8)2-4-10/h6-7H,2-3,5,11H2,1H3. The number of hydrogen-bond donors (Lipinski definition) is 1. The molecule has 1 atom stereocenters. The Bertz CT molecular complexity index is 318. The molecule has 1 rings (SSSR count). The zero-order valence-corrected chi connectivity index (χ0v) is 8.88. The Morgan fingerprint density at radius 2 is 2.57 bits per heavy atom. The monoisotopic (exact) mass is 211 g/mol. The van der Waals surface area contributed by atoms with Crippen molar-refractivity contribution in [3.63, 3.8) is 0 Å². The summed E-state index contributed by atoms with van der Waals surface area (Å²) < 4.78 is 4.93. The highest BCUT2D eigenvalue weighted by atomic mass is 32.1. The Morgan fingerprint density at radius 1 is 1.79 bits per heavy atom. The SMILES string of the molecule is COCCC(N)c1csc(CC#N)n1. The molecule has 1 aromatic rings. The van der Waals surface area contributed by atoms with E-state index >= 15 is 0 Å². The van der Waals surface area contributed by atoms with E-state index in [0.29, 0.717) is 13.0 Å². The van der Waals surface area contributed by atoms with E-state index in [1.165, 1.54) is 11.3 Å². The van der Waals surface area contributed by atoms with Gasteiger partial charge in [0.1, 0.15) is 5.01 Å². The van der Waals surface area contributed by atoms with E-state index in [1.807, 2.05) is 5.38 Å². The van der Waals surface area contributed by atoms with E-state index < -0.39 is 0 Å². The van der Waals surface area contributed by atoms with Crippen molar-refractivity contribution in [2.24, 2.45) is 5.73 Å². The van der Waals surface area contributed by atoms with Crippen molar-refractivity contribution < 1.29 is 4.74 Å². The maximum atomic E-state index is 8.47. The molecule has 0 spiro atoms. The van der Waals surface area contributed by atoms with E-state index in [1.54, 1.807) is 7.11 Å². The van der Waals surface area contributed by atoms with Crippen LogP contribution in [0.3, 0.4) is 0 Å². The lowest BCUT2D eigenvalue weighted by atomic mass is 10.2. The molecule has 0 radical (unpaired) electrons. The zero-order valence-electron chi connectivity index (χ0n) is 8.06. The molecule has 1 unspecified atom stereocenters. The molecule has 14 heavy (non-hydrogen) atoms. The fourth-order valence-corrected chi connectivity index (χ4v) is 1.83. The first-order valence-corrected chi connectivity index (χ1v) is 5.21. The molecule has 0 aliphatic heterocycles. The molecule has 1 heterocycles. The van der Waals surface area contributed by atoms with Crippen LogP contribution in [0.4, 0.5) is 0 Å². The minimum atomic E-state index is -0.0846. The highest BCUT2D eigenvalue weighted by Crippen LogP contribution is 2.17. The quantitative estimate of drug-likeness (QED) is 0.795. The molecule has 0 aliphatic carbocycles. The smallest absolute Gasteiger partial charge is 0.107 e. The number of nitriles is 1. The Kier molecular flexibility index (Phi) is 4.53. The molecule has 0 fully saturated rings. The molecule has 0 saturated heterocycles. The van der Waals surface area contributed by atoms with E-state index in [2.05, 4.69) is 11.1 Å².